The number of aromatic amines is 1. The highest BCUT2D eigenvalue weighted by Gasteiger charge is 2.13. The van der Waals surface area contributed by atoms with E-state index in [4.69, 9.17) is 5.73 Å². The largest absolute Gasteiger partial charge is 0.504 e. The first kappa shape index (κ1) is 12.4. The maximum Gasteiger partial charge on any atom is 0.157 e. The van der Waals surface area contributed by atoms with Crippen LogP contribution in [0, 0.1) is 0 Å². The minimum absolute atomic E-state index is 0.142. The molecule has 0 radical (unpaired) electrons. The third-order valence-corrected chi connectivity index (χ3v) is 3.15. The van der Waals surface area contributed by atoms with Gasteiger partial charge in [-0.3, -0.25) is 4.98 Å². The van der Waals surface area contributed by atoms with Crippen LogP contribution in [0.5, 0.6) is 11.5 Å². The van der Waals surface area contributed by atoms with Gasteiger partial charge in [-0.25, -0.2) is 4.98 Å². The van der Waals surface area contributed by atoms with Crippen molar-refractivity contribution in [3.63, 3.8) is 0 Å². The first-order valence-corrected chi connectivity index (χ1v) is 6.19. The molecule has 0 saturated carbocycles. The van der Waals surface area contributed by atoms with Crippen molar-refractivity contribution in [1.29, 1.82) is 0 Å². The lowest BCUT2D eigenvalue weighted by molar-refractivity contribution is 0.403. The van der Waals surface area contributed by atoms with E-state index in [-0.39, 0.29) is 17.5 Å². The average Bonchev–Trinajstić information content (AvgIpc) is 2.87. The molecule has 1 unspecified atom stereocenters. The summed E-state index contributed by atoms with van der Waals surface area (Å²) in [7, 11) is 0. The van der Waals surface area contributed by atoms with E-state index < -0.39 is 0 Å². The van der Waals surface area contributed by atoms with Gasteiger partial charge < -0.3 is 20.9 Å². The number of pyridine rings is 1. The van der Waals surface area contributed by atoms with Gasteiger partial charge in [0.05, 0.1) is 23.3 Å². The zero-order valence-corrected chi connectivity index (χ0v) is 10.6. The van der Waals surface area contributed by atoms with Gasteiger partial charge in [-0.15, -0.1) is 0 Å². The molecule has 0 saturated heterocycles. The number of imidazole rings is 1. The number of rotatable bonds is 3. The molecule has 0 aliphatic heterocycles. The molecule has 1 aromatic carbocycles. The molecule has 3 aromatic rings. The van der Waals surface area contributed by atoms with Gasteiger partial charge in [0.1, 0.15) is 5.82 Å². The summed E-state index contributed by atoms with van der Waals surface area (Å²) >= 11 is 0. The Labute approximate surface area is 114 Å². The maximum absolute atomic E-state index is 9.48. The highest BCUT2D eigenvalue weighted by atomic mass is 16.3. The van der Waals surface area contributed by atoms with Crippen molar-refractivity contribution >= 4 is 11.0 Å². The van der Waals surface area contributed by atoms with Crippen molar-refractivity contribution in [2.24, 2.45) is 5.73 Å². The monoisotopic (exact) mass is 270 g/mol. The number of H-pyrrole nitrogens is 1. The van der Waals surface area contributed by atoms with Crippen LogP contribution in [0.25, 0.3) is 11.0 Å². The first-order chi connectivity index (χ1) is 9.63. The standard InChI is InChI=1S/C14H14N4O2/c15-9(5-8-1-2-12(19)13(20)6-8)14-17-10-3-4-16-7-11(10)18-14/h1-4,6-7,9,19-20H,5,15H2,(H,17,18). The van der Waals surface area contributed by atoms with Crippen molar-refractivity contribution in [3.8, 4) is 11.5 Å². The molecular weight excluding hydrogens is 256 g/mol. The van der Waals surface area contributed by atoms with Crippen molar-refractivity contribution < 1.29 is 10.2 Å². The number of fused-ring (bicyclic) bond motifs is 1. The van der Waals surface area contributed by atoms with Crippen LogP contribution < -0.4 is 5.73 Å². The number of phenols is 2. The van der Waals surface area contributed by atoms with Crippen molar-refractivity contribution in [1.82, 2.24) is 15.0 Å². The molecule has 0 spiro atoms. The molecule has 2 aromatic heterocycles. The van der Waals surface area contributed by atoms with E-state index in [1.165, 1.54) is 12.1 Å². The highest BCUT2D eigenvalue weighted by Crippen LogP contribution is 2.26. The summed E-state index contributed by atoms with van der Waals surface area (Å²) in [5.74, 6) is 0.376. The topological polar surface area (TPSA) is 108 Å². The molecule has 6 nitrogen and oxygen atoms in total. The SMILES string of the molecule is NC(Cc1ccc(O)c(O)c1)c1nc2ccncc2[nH]1. The smallest absolute Gasteiger partial charge is 0.157 e. The predicted octanol–water partition coefficient (Wildman–Crippen LogP) is 1.61. The second-order valence-corrected chi connectivity index (χ2v) is 4.65. The summed E-state index contributed by atoms with van der Waals surface area (Å²) in [6, 6.07) is 6.15. The summed E-state index contributed by atoms with van der Waals surface area (Å²) in [5, 5.41) is 18.8. The van der Waals surface area contributed by atoms with Crippen molar-refractivity contribution in [3.05, 3.63) is 48.0 Å². The van der Waals surface area contributed by atoms with Gasteiger partial charge in [-0.1, -0.05) is 6.07 Å². The van der Waals surface area contributed by atoms with Crippen LogP contribution in [0.15, 0.2) is 36.7 Å². The van der Waals surface area contributed by atoms with Crippen LogP contribution in [-0.2, 0) is 6.42 Å². The Balaban J connectivity index is 1.84. The quantitative estimate of drug-likeness (QED) is 0.541. The summed E-state index contributed by atoms with van der Waals surface area (Å²) in [4.78, 5) is 11.6. The van der Waals surface area contributed by atoms with Crippen LogP contribution in [0.1, 0.15) is 17.4 Å². The van der Waals surface area contributed by atoms with Gasteiger partial charge in [0.2, 0.25) is 0 Å². The summed E-state index contributed by atoms with van der Waals surface area (Å²) in [6.45, 7) is 0. The lowest BCUT2D eigenvalue weighted by Gasteiger charge is -2.09. The Kier molecular flexibility index (Phi) is 3.00. The zero-order chi connectivity index (χ0) is 14.1. The van der Waals surface area contributed by atoms with E-state index in [2.05, 4.69) is 15.0 Å². The van der Waals surface area contributed by atoms with Crippen LogP contribution in [0.3, 0.4) is 0 Å². The molecule has 6 heteroatoms. The third kappa shape index (κ3) is 2.28. The molecule has 0 aliphatic rings. The molecule has 102 valence electrons. The van der Waals surface area contributed by atoms with Gasteiger partial charge in [-0.05, 0) is 30.2 Å². The number of aromatic hydroxyl groups is 2. The minimum Gasteiger partial charge on any atom is -0.504 e. The van der Waals surface area contributed by atoms with Gasteiger partial charge in [-0.2, -0.15) is 0 Å². The first-order valence-electron chi connectivity index (χ1n) is 6.19. The van der Waals surface area contributed by atoms with E-state index in [0.29, 0.717) is 12.2 Å². The normalized spacial score (nSPS) is 12.7. The minimum atomic E-state index is -0.327. The Morgan fingerprint density at radius 1 is 1.20 bits per heavy atom. The Hall–Kier alpha value is -2.60. The van der Waals surface area contributed by atoms with E-state index >= 15 is 0 Å². The van der Waals surface area contributed by atoms with Gasteiger partial charge in [0.15, 0.2) is 11.5 Å². The fourth-order valence-electron chi connectivity index (χ4n) is 2.10. The number of hydrogen-bond acceptors (Lipinski definition) is 5. The second-order valence-electron chi connectivity index (χ2n) is 4.65. The summed E-state index contributed by atoms with van der Waals surface area (Å²) in [6.07, 6.45) is 3.88. The van der Waals surface area contributed by atoms with Gasteiger partial charge in [0, 0.05) is 6.20 Å². The molecule has 0 bridgehead atoms. The lowest BCUT2D eigenvalue weighted by Crippen LogP contribution is -2.14. The van der Waals surface area contributed by atoms with Crippen LogP contribution in [0.2, 0.25) is 0 Å². The number of nitrogens with zero attached hydrogens (tertiary/aromatic N) is 2. The maximum atomic E-state index is 9.48. The molecule has 5 N–H and O–H groups in total. The van der Waals surface area contributed by atoms with E-state index in [0.717, 1.165) is 16.6 Å². The Morgan fingerprint density at radius 2 is 2.05 bits per heavy atom. The van der Waals surface area contributed by atoms with Gasteiger partial charge in [0.25, 0.3) is 0 Å². The summed E-state index contributed by atoms with van der Waals surface area (Å²) < 4.78 is 0. The number of benzene rings is 1. The zero-order valence-electron chi connectivity index (χ0n) is 10.6. The molecule has 0 amide bonds. The second kappa shape index (κ2) is 4.82. The van der Waals surface area contributed by atoms with E-state index in [9.17, 15) is 10.2 Å². The van der Waals surface area contributed by atoms with Crippen LogP contribution in [0.4, 0.5) is 0 Å². The van der Waals surface area contributed by atoms with Crippen LogP contribution >= 0.6 is 0 Å². The van der Waals surface area contributed by atoms with Crippen LogP contribution in [-0.4, -0.2) is 25.2 Å². The van der Waals surface area contributed by atoms with E-state index in [1.54, 1.807) is 18.5 Å². The van der Waals surface area contributed by atoms with E-state index in [1.807, 2.05) is 6.07 Å². The molecule has 3 rings (SSSR count). The number of nitrogens with two attached hydrogens (primary N) is 1. The summed E-state index contributed by atoms with van der Waals surface area (Å²) in [5.41, 5.74) is 8.60. The molecular formula is C14H14N4O2. The number of aromatic nitrogens is 3. The van der Waals surface area contributed by atoms with Gasteiger partial charge >= 0.3 is 0 Å². The molecule has 2 heterocycles. The number of phenolic OH excluding ortho intramolecular Hbond substituents is 2. The molecule has 0 aliphatic carbocycles. The number of nitrogens with one attached hydrogen (secondary N) is 1. The number of hydrogen-bond donors (Lipinski definition) is 4. The Bertz CT molecular complexity index is 721. The fraction of sp³-hybridized carbons (Fsp3) is 0.143. The van der Waals surface area contributed by atoms with Crippen molar-refractivity contribution in [2.45, 2.75) is 12.5 Å². The fourth-order valence-corrected chi connectivity index (χ4v) is 2.10. The molecule has 0 fully saturated rings. The molecule has 20 heavy (non-hydrogen) atoms. The average molecular weight is 270 g/mol. The highest BCUT2D eigenvalue weighted by molar-refractivity contribution is 5.73. The Morgan fingerprint density at radius 3 is 2.80 bits per heavy atom. The molecule has 1 atom stereocenters. The third-order valence-electron chi connectivity index (χ3n) is 3.15. The lowest BCUT2D eigenvalue weighted by atomic mass is 10.1. The van der Waals surface area contributed by atoms with Crippen molar-refractivity contribution in [2.75, 3.05) is 0 Å². The predicted molar refractivity (Wildman–Crippen MR) is 74.3 cm³/mol.